The topological polar surface area (TPSA) is 59.0 Å². The quantitative estimate of drug-likeness (QED) is 0.899. The number of rotatable bonds is 5. The molecule has 23 heavy (non-hydrogen) atoms. The average Bonchev–Trinajstić information content (AvgIpc) is 2.88. The molecule has 1 aliphatic rings. The minimum Gasteiger partial charge on any atom is -0.489 e. The number of likely N-dealkylation sites (tertiary alicyclic amines) is 1. The van der Waals surface area contributed by atoms with Crippen LogP contribution in [-0.4, -0.2) is 48.0 Å². The monoisotopic (exact) mass is 333 g/mol. The van der Waals surface area contributed by atoms with Crippen LogP contribution in [0.25, 0.3) is 0 Å². The minimum absolute atomic E-state index is 0.161. The molecule has 1 aliphatic heterocycles. The lowest BCUT2D eigenvalue weighted by Gasteiger charge is -2.20. The van der Waals surface area contributed by atoms with Crippen molar-refractivity contribution in [1.82, 2.24) is 4.90 Å². The van der Waals surface area contributed by atoms with E-state index in [1.165, 1.54) is 17.0 Å². The molecule has 0 radical (unpaired) electrons. The van der Waals surface area contributed by atoms with Gasteiger partial charge in [-0.1, -0.05) is 0 Å². The molecule has 1 saturated heterocycles. The Balaban J connectivity index is 1.99. The maximum atomic E-state index is 12.5. The average molecular weight is 333 g/mol. The second kappa shape index (κ2) is 7.08. The number of nitrogens with zero attached hydrogens (tertiary/aromatic N) is 1. The number of carbonyl (C=O) groups is 1. The van der Waals surface area contributed by atoms with Gasteiger partial charge in [-0.05, 0) is 31.2 Å². The van der Waals surface area contributed by atoms with Crippen LogP contribution in [0.15, 0.2) is 24.3 Å². The van der Waals surface area contributed by atoms with E-state index in [-0.39, 0.29) is 24.9 Å². The van der Waals surface area contributed by atoms with Crippen LogP contribution in [0.4, 0.5) is 18.0 Å². The van der Waals surface area contributed by atoms with Gasteiger partial charge < -0.3 is 14.6 Å². The van der Waals surface area contributed by atoms with Crippen molar-refractivity contribution >= 4 is 6.09 Å². The van der Waals surface area contributed by atoms with Gasteiger partial charge in [0.05, 0.1) is 24.8 Å². The second-order valence-corrected chi connectivity index (χ2v) is 5.25. The Morgan fingerprint density at radius 2 is 2.00 bits per heavy atom. The zero-order chi connectivity index (χ0) is 17.0. The Labute approximate surface area is 131 Å². The van der Waals surface area contributed by atoms with Crippen molar-refractivity contribution in [3.63, 3.8) is 0 Å². The highest BCUT2D eigenvalue weighted by Gasteiger charge is 2.37. The summed E-state index contributed by atoms with van der Waals surface area (Å²) in [6.45, 7) is 2.73. The lowest BCUT2D eigenvalue weighted by atomic mass is 10.2. The van der Waals surface area contributed by atoms with Gasteiger partial charge in [-0.15, -0.1) is 0 Å². The molecule has 1 aromatic carbocycles. The van der Waals surface area contributed by atoms with Gasteiger partial charge in [-0.3, -0.25) is 4.90 Å². The molecule has 0 unspecified atom stereocenters. The van der Waals surface area contributed by atoms with Crippen LogP contribution in [0.3, 0.4) is 0 Å². The van der Waals surface area contributed by atoms with Crippen molar-refractivity contribution in [2.75, 3.05) is 19.8 Å². The summed E-state index contributed by atoms with van der Waals surface area (Å²) in [4.78, 5) is 12.5. The van der Waals surface area contributed by atoms with Gasteiger partial charge in [0.1, 0.15) is 11.9 Å². The first-order valence-corrected chi connectivity index (χ1v) is 7.22. The van der Waals surface area contributed by atoms with Crippen molar-refractivity contribution in [3.8, 4) is 5.75 Å². The number of hydrogen-bond donors (Lipinski definition) is 1. The molecule has 5 nitrogen and oxygen atoms in total. The number of halogens is 3. The fourth-order valence-electron chi connectivity index (χ4n) is 2.52. The van der Waals surface area contributed by atoms with Crippen LogP contribution < -0.4 is 4.74 Å². The Morgan fingerprint density at radius 1 is 1.35 bits per heavy atom. The van der Waals surface area contributed by atoms with Crippen molar-refractivity contribution in [1.29, 1.82) is 0 Å². The standard InChI is InChI=1S/C15H18F3NO4/c1-2-22-9-11-7-13(8-19(11)14(20)21)23-12-5-3-10(4-6-12)15(16,17)18/h3-6,11,13H,2,7-9H2,1H3,(H,20,21)/t11-,13-/m0/s1. The molecule has 1 N–H and O–H groups in total. The molecule has 128 valence electrons. The molecule has 8 heteroatoms. The van der Waals surface area contributed by atoms with Crippen molar-refractivity contribution < 1.29 is 32.5 Å². The van der Waals surface area contributed by atoms with Crippen molar-refractivity contribution in [2.45, 2.75) is 31.7 Å². The maximum Gasteiger partial charge on any atom is 0.416 e. The van der Waals surface area contributed by atoms with Gasteiger partial charge in [0, 0.05) is 13.0 Å². The molecule has 0 aliphatic carbocycles. The predicted molar refractivity (Wildman–Crippen MR) is 75.5 cm³/mol. The molecule has 2 atom stereocenters. The lowest BCUT2D eigenvalue weighted by Crippen LogP contribution is -2.37. The Bertz CT molecular complexity index is 533. The minimum atomic E-state index is -4.39. The van der Waals surface area contributed by atoms with Crippen LogP contribution in [0.1, 0.15) is 18.9 Å². The fraction of sp³-hybridized carbons (Fsp3) is 0.533. The molecule has 0 aromatic heterocycles. The fourth-order valence-corrected chi connectivity index (χ4v) is 2.52. The Hall–Kier alpha value is -1.96. The molecule has 0 bridgehead atoms. The van der Waals surface area contributed by atoms with Crippen LogP contribution in [-0.2, 0) is 10.9 Å². The van der Waals surface area contributed by atoms with E-state index < -0.39 is 23.9 Å². The number of carboxylic acid groups (broad SMARTS) is 1. The molecular weight excluding hydrogens is 315 g/mol. The molecule has 2 rings (SSSR count). The first kappa shape index (κ1) is 17.4. The molecule has 1 aromatic rings. The molecule has 1 fully saturated rings. The summed E-state index contributed by atoms with van der Waals surface area (Å²) < 4.78 is 48.4. The highest BCUT2D eigenvalue weighted by Crippen LogP contribution is 2.31. The number of hydrogen-bond acceptors (Lipinski definition) is 3. The summed E-state index contributed by atoms with van der Waals surface area (Å²) in [5.41, 5.74) is -0.752. The zero-order valence-electron chi connectivity index (χ0n) is 12.5. The lowest BCUT2D eigenvalue weighted by molar-refractivity contribution is -0.137. The van der Waals surface area contributed by atoms with Gasteiger partial charge >= 0.3 is 12.3 Å². The first-order chi connectivity index (χ1) is 10.8. The SMILES string of the molecule is CCOC[C@@H]1C[C@H](Oc2ccc(C(F)(F)F)cc2)CN1C(=O)O. The summed E-state index contributed by atoms with van der Waals surface area (Å²) >= 11 is 0. The Kier molecular flexibility index (Phi) is 5.35. The predicted octanol–water partition coefficient (Wildman–Crippen LogP) is 3.24. The van der Waals surface area contributed by atoms with E-state index >= 15 is 0 Å². The highest BCUT2D eigenvalue weighted by molar-refractivity contribution is 5.66. The summed E-state index contributed by atoms with van der Waals surface area (Å²) in [5.74, 6) is 0.283. The van der Waals surface area contributed by atoms with Crippen molar-refractivity contribution in [2.24, 2.45) is 0 Å². The third-order valence-corrected chi connectivity index (χ3v) is 3.62. The van der Waals surface area contributed by atoms with E-state index in [1.54, 1.807) is 0 Å². The van der Waals surface area contributed by atoms with Crippen LogP contribution >= 0.6 is 0 Å². The summed E-state index contributed by atoms with van der Waals surface area (Å²) in [6, 6.07) is 4.05. The van der Waals surface area contributed by atoms with Crippen molar-refractivity contribution in [3.05, 3.63) is 29.8 Å². The summed E-state index contributed by atoms with van der Waals surface area (Å²) in [6.07, 6.45) is -5.43. The Morgan fingerprint density at radius 3 is 2.52 bits per heavy atom. The largest absolute Gasteiger partial charge is 0.489 e. The maximum absolute atomic E-state index is 12.5. The van der Waals surface area contributed by atoms with E-state index in [4.69, 9.17) is 9.47 Å². The van der Waals surface area contributed by atoms with E-state index in [0.29, 0.717) is 13.0 Å². The van der Waals surface area contributed by atoms with Gasteiger partial charge in [-0.25, -0.2) is 4.79 Å². The van der Waals surface area contributed by atoms with E-state index in [0.717, 1.165) is 12.1 Å². The third-order valence-electron chi connectivity index (χ3n) is 3.62. The number of amides is 1. The normalized spacial score (nSPS) is 21.5. The van der Waals surface area contributed by atoms with Gasteiger partial charge in [0.25, 0.3) is 0 Å². The molecule has 0 spiro atoms. The number of benzene rings is 1. The molecule has 0 saturated carbocycles. The molecular formula is C15H18F3NO4. The van der Waals surface area contributed by atoms with E-state index in [2.05, 4.69) is 0 Å². The molecule has 1 heterocycles. The first-order valence-electron chi connectivity index (χ1n) is 7.22. The third kappa shape index (κ3) is 4.51. The number of alkyl halides is 3. The molecule has 1 amide bonds. The smallest absolute Gasteiger partial charge is 0.416 e. The van der Waals surface area contributed by atoms with Gasteiger partial charge in [-0.2, -0.15) is 13.2 Å². The van der Waals surface area contributed by atoms with E-state index in [9.17, 15) is 23.1 Å². The second-order valence-electron chi connectivity index (χ2n) is 5.25. The summed E-state index contributed by atoms with van der Waals surface area (Å²) in [7, 11) is 0. The zero-order valence-corrected chi connectivity index (χ0v) is 12.5. The summed E-state index contributed by atoms with van der Waals surface area (Å²) in [5, 5.41) is 9.18. The van der Waals surface area contributed by atoms with E-state index in [1.807, 2.05) is 6.92 Å². The van der Waals surface area contributed by atoms with Crippen LogP contribution in [0, 0.1) is 0 Å². The van der Waals surface area contributed by atoms with Gasteiger partial charge in [0.15, 0.2) is 0 Å². The highest BCUT2D eigenvalue weighted by atomic mass is 19.4. The van der Waals surface area contributed by atoms with Gasteiger partial charge in [0.2, 0.25) is 0 Å². The van der Waals surface area contributed by atoms with Crippen LogP contribution in [0.5, 0.6) is 5.75 Å². The number of ether oxygens (including phenoxy) is 2. The van der Waals surface area contributed by atoms with Crippen LogP contribution in [0.2, 0.25) is 0 Å².